The quantitative estimate of drug-likeness (QED) is 0.857. The molecule has 0 bridgehead atoms. The Bertz CT molecular complexity index is 533. The van der Waals surface area contributed by atoms with Gasteiger partial charge in [0.2, 0.25) is 0 Å². The lowest BCUT2D eigenvalue weighted by atomic mass is 10.1. The lowest BCUT2D eigenvalue weighted by molar-refractivity contribution is -0.147. The molecule has 1 unspecified atom stereocenters. The van der Waals surface area contributed by atoms with E-state index >= 15 is 0 Å². The Morgan fingerprint density at radius 2 is 2.05 bits per heavy atom. The first kappa shape index (κ1) is 16.4. The second-order valence-corrected chi connectivity index (χ2v) is 5.61. The van der Waals surface area contributed by atoms with Crippen molar-refractivity contribution in [3.63, 3.8) is 0 Å². The van der Waals surface area contributed by atoms with Crippen molar-refractivity contribution in [2.75, 3.05) is 0 Å². The molecule has 7 heteroatoms. The highest BCUT2D eigenvalue weighted by Crippen LogP contribution is 2.26. The Labute approximate surface area is 124 Å². The Morgan fingerprint density at radius 1 is 1.45 bits per heavy atom. The number of amides is 1. The number of hydrogen-bond acceptors (Lipinski definition) is 3. The summed E-state index contributed by atoms with van der Waals surface area (Å²) in [4.78, 5) is 22.8. The molecule has 0 aliphatic rings. The topological polar surface area (TPSA) is 75.6 Å². The van der Waals surface area contributed by atoms with Crippen molar-refractivity contribution < 1.29 is 23.8 Å². The van der Waals surface area contributed by atoms with Crippen LogP contribution in [0.25, 0.3) is 0 Å². The molecule has 1 atom stereocenters. The first-order chi connectivity index (χ1) is 9.13. The summed E-state index contributed by atoms with van der Waals surface area (Å²) < 4.78 is 18.7. The minimum Gasteiger partial charge on any atom is -0.480 e. The fourth-order valence-corrected chi connectivity index (χ4v) is 1.72. The molecule has 5 nitrogen and oxygen atoms in total. The summed E-state index contributed by atoms with van der Waals surface area (Å²) in [5.41, 5.74) is -1.39. The summed E-state index contributed by atoms with van der Waals surface area (Å²) in [7, 11) is 0. The van der Waals surface area contributed by atoms with Gasteiger partial charge in [-0.3, -0.25) is 4.79 Å². The van der Waals surface area contributed by atoms with Gasteiger partial charge in [-0.1, -0.05) is 0 Å². The molecule has 0 saturated carbocycles. The van der Waals surface area contributed by atoms with Crippen LogP contribution in [0.2, 0.25) is 0 Å². The van der Waals surface area contributed by atoms with Gasteiger partial charge >= 0.3 is 5.97 Å². The van der Waals surface area contributed by atoms with Gasteiger partial charge in [-0.25, -0.2) is 9.18 Å². The number of ether oxygens (including phenoxy) is 1. The highest BCUT2D eigenvalue weighted by Gasteiger charge is 2.31. The molecule has 1 rings (SSSR count). The second-order valence-electron chi connectivity index (χ2n) is 4.75. The summed E-state index contributed by atoms with van der Waals surface area (Å²) in [5, 5.41) is 11.3. The predicted molar refractivity (Wildman–Crippen MR) is 74.0 cm³/mol. The number of aliphatic carboxylic acids is 1. The number of carboxylic acids is 1. The van der Waals surface area contributed by atoms with Crippen LogP contribution in [0.1, 0.15) is 20.8 Å². The minimum absolute atomic E-state index is 0.294. The van der Waals surface area contributed by atoms with Crippen LogP contribution in [0.4, 0.5) is 4.39 Å². The summed E-state index contributed by atoms with van der Waals surface area (Å²) in [5.74, 6) is -1.87. The molecule has 0 fully saturated rings. The van der Waals surface area contributed by atoms with Crippen molar-refractivity contribution in [1.29, 1.82) is 0 Å². The van der Waals surface area contributed by atoms with Crippen molar-refractivity contribution in [2.45, 2.75) is 32.4 Å². The van der Waals surface area contributed by atoms with Crippen LogP contribution in [0, 0.1) is 5.82 Å². The van der Waals surface area contributed by atoms with Gasteiger partial charge in [0.05, 0.1) is 4.47 Å². The van der Waals surface area contributed by atoms with Crippen molar-refractivity contribution in [2.24, 2.45) is 0 Å². The molecule has 0 aliphatic heterocycles. The maximum atomic E-state index is 12.9. The molecule has 0 heterocycles. The van der Waals surface area contributed by atoms with Gasteiger partial charge in [-0.05, 0) is 54.9 Å². The smallest absolute Gasteiger partial charge is 0.328 e. The molecular formula is C13H15BrFNO4. The minimum atomic E-state index is -1.39. The number of halogens is 2. The Hall–Kier alpha value is -1.63. The van der Waals surface area contributed by atoms with Gasteiger partial charge in [-0.2, -0.15) is 0 Å². The molecule has 0 radical (unpaired) electrons. The van der Waals surface area contributed by atoms with Crippen molar-refractivity contribution in [3.8, 4) is 5.75 Å². The van der Waals surface area contributed by atoms with E-state index in [9.17, 15) is 14.0 Å². The standard InChI is InChI=1S/C13H15BrFNO4/c1-7(11(17)16-13(2,3)12(18)19)20-10-5-4-8(15)6-9(10)14/h4-7H,1-3H3,(H,16,17)(H,18,19). The summed E-state index contributed by atoms with van der Waals surface area (Å²) in [6, 6.07) is 3.79. The van der Waals surface area contributed by atoms with Crippen LogP contribution >= 0.6 is 15.9 Å². The van der Waals surface area contributed by atoms with E-state index in [1.165, 1.54) is 39.0 Å². The van der Waals surface area contributed by atoms with Gasteiger partial charge in [0.15, 0.2) is 6.10 Å². The third kappa shape index (κ3) is 4.19. The van der Waals surface area contributed by atoms with E-state index in [0.717, 1.165) is 0 Å². The molecule has 20 heavy (non-hydrogen) atoms. The van der Waals surface area contributed by atoms with E-state index in [1.807, 2.05) is 0 Å². The zero-order valence-corrected chi connectivity index (χ0v) is 12.8. The van der Waals surface area contributed by atoms with Crippen LogP contribution in [-0.2, 0) is 9.59 Å². The Balaban J connectivity index is 2.73. The average molecular weight is 348 g/mol. The zero-order chi connectivity index (χ0) is 15.5. The lowest BCUT2D eigenvalue weighted by Crippen LogP contribution is -2.53. The van der Waals surface area contributed by atoms with Crippen LogP contribution in [0.15, 0.2) is 22.7 Å². The highest BCUT2D eigenvalue weighted by atomic mass is 79.9. The largest absolute Gasteiger partial charge is 0.480 e. The first-order valence-electron chi connectivity index (χ1n) is 5.80. The number of carbonyl (C=O) groups excluding carboxylic acids is 1. The van der Waals surface area contributed by atoms with Crippen LogP contribution in [-0.4, -0.2) is 28.6 Å². The van der Waals surface area contributed by atoms with E-state index in [4.69, 9.17) is 9.84 Å². The molecule has 1 amide bonds. The van der Waals surface area contributed by atoms with Crippen LogP contribution < -0.4 is 10.1 Å². The summed E-state index contributed by atoms with van der Waals surface area (Å²) in [6.07, 6.45) is -0.921. The maximum Gasteiger partial charge on any atom is 0.328 e. The van der Waals surface area contributed by atoms with E-state index in [0.29, 0.717) is 10.2 Å². The average Bonchev–Trinajstić information content (AvgIpc) is 2.31. The van der Waals surface area contributed by atoms with Crippen molar-refractivity contribution in [1.82, 2.24) is 5.32 Å². The SMILES string of the molecule is CC(Oc1ccc(F)cc1Br)C(=O)NC(C)(C)C(=O)O. The predicted octanol–water partition coefficient (Wildman–Crippen LogP) is 2.33. The fourth-order valence-electron chi connectivity index (χ4n) is 1.28. The molecule has 1 aromatic carbocycles. The van der Waals surface area contributed by atoms with Gasteiger partial charge in [-0.15, -0.1) is 0 Å². The normalized spacial score (nSPS) is 12.7. The van der Waals surface area contributed by atoms with E-state index in [2.05, 4.69) is 21.2 Å². The van der Waals surface area contributed by atoms with E-state index < -0.39 is 29.3 Å². The van der Waals surface area contributed by atoms with Crippen LogP contribution in [0.5, 0.6) is 5.75 Å². The monoisotopic (exact) mass is 347 g/mol. The van der Waals surface area contributed by atoms with Crippen molar-refractivity contribution >= 4 is 27.8 Å². The molecule has 0 saturated heterocycles. The van der Waals surface area contributed by atoms with Crippen LogP contribution in [0.3, 0.4) is 0 Å². The first-order valence-corrected chi connectivity index (χ1v) is 6.60. The number of rotatable bonds is 5. The molecular weight excluding hydrogens is 333 g/mol. The highest BCUT2D eigenvalue weighted by molar-refractivity contribution is 9.10. The second kappa shape index (κ2) is 6.21. The van der Waals surface area contributed by atoms with E-state index in [1.54, 1.807) is 0 Å². The van der Waals surface area contributed by atoms with Crippen molar-refractivity contribution in [3.05, 3.63) is 28.5 Å². The van der Waals surface area contributed by atoms with Gasteiger partial charge in [0.25, 0.3) is 5.91 Å². The number of nitrogens with one attached hydrogen (secondary N) is 1. The summed E-state index contributed by atoms with van der Waals surface area (Å²) >= 11 is 3.12. The third-order valence-corrected chi connectivity index (χ3v) is 3.16. The molecule has 2 N–H and O–H groups in total. The number of benzene rings is 1. The molecule has 0 spiro atoms. The lowest BCUT2D eigenvalue weighted by Gasteiger charge is -2.24. The summed E-state index contributed by atoms with van der Waals surface area (Å²) in [6.45, 7) is 4.21. The Morgan fingerprint density at radius 3 is 2.55 bits per heavy atom. The van der Waals surface area contributed by atoms with Gasteiger partial charge in [0.1, 0.15) is 17.1 Å². The third-order valence-electron chi connectivity index (χ3n) is 2.54. The molecule has 0 aromatic heterocycles. The van der Waals surface area contributed by atoms with Gasteiger partial charge in [0, 0.05) is 0 Å². The van der Waals surface area contributed by atoms with Gasteiger partial charge < -0.3 is 15.2 Å². The number of hydrogen-bond donors (Lipinski definition) is 2. The molecule has 0 aliphatic carbocycles. The molecule has 110 valence electrons. The number of carboxylic acid groups (broad SMARTS) is 1. The molecule has 1 aromatic rings. The number of carbonyl (C=O) groups is 2. The fraction of sp³-hybridized carbons (Fsp3) is 0.385. The zero-order valence-electron chi connectivity index (χ0n) is 11.2. The Kier molecular flexibility index (Phi) is 5.10. The maximum absolute atomic E-state index is 12.9. The van der Waals surface area contributed by atoms with E-state index in [-0.39, 0.29) is 0 Å².